The summed E-state index contributed by atoms with van der Waals surface area (Å²) >= 11 is 0. The lowest BCUT2D eigenvalue weighted by molar-refractivity contribution is 0.0946. The molecule has 0 saturated heterocycles. The van der Waals surface area contributed by atoms with E-state index < -0.39 is 0 Å². The van der Waals surface area contributed by atoms with Gasteiger partial charge in [-0.1, -0.05) is 24.3 Å². The summed E-state index contributed by atoms with van der Waals surface area (Å²) in [6.45, 7) is 0.693. The van der Waals surface area contributed by atoms with Gasteiger partial charge in [0.2, 0.25) is 0 Å². The summed E-state index contributed by atoms with van der Waals surface area (Å²) in [5.41, 5.74) is 3.78. The Morgan fingerprint density at radius 3 is 2.57 bits per heavy atom. The number of amides is 1. The molecule has 0 aromatic heterocycles. The van der Waals surface area contributed by atoms with Crippen LogP contribution in [-0.4, -0.2) is 19.5 Å². The van der Waals surface area contributed by atoms with Gasteiger partial charge in [-0.3, -0.25) is 4.79 Å². The van der Waals surface area contributed by atoms with E-state index >= 15 is 0 Å². The zero-order chi connectivity index (χ0) is 14.8. The Bertz CT molecular complexity index is 667. The molecule has 0 bridgehead atoms. The van der Waals surface area contributed by atoms with Crippen molar-refractivity contribution in [2.24, 2.45) is 0 Å². The van der Waals surface area contributed by atoms with Crippen LogP contribution >= 0.6 is 0 Å². The topological polar surface area (TPSA) is 41.1 Å². The molecule has 3 nitrogen and oxygen atoms in total. The van der Waals surface area contributed by atoms with E-state index in [9.17, 15) is 9.18 Å². The molecular formula is C17H17FN2O. The number of hydrogen-bond donors (Lipinski definition) is 2. The predicted octanol–water partition coefficient (Wildman–Crippen LogP) is 2.42. The van der Waals surface area contributed by atoms with Gasteiger partial charge in [0.05, 0.1) is 6.04 Å². The van der Waals surface area contributed by atoms with Crippen molar-refractivity contribution in [2.75, 3.05) is 13.6 Å². The largest absolute Gasteiger partial charge is 0.352 e. The first-order valence-corrected chi connectivity index (χ1v) is 7.03. The highest BCUT2D eigenvalue weighted by atomic mass is 19.1. The first-order valence-electron chi connectivity index (χ1n) is 7.03. The highest BCUT2D eigenvalue weighted by Crippen LogP contribution is 2.25. The highest BCUT2D eigenvalue weighted by molar-refractivity contribution is 5.96. The number of benzene rings is 2. The maximum Gasteiger partial charge on any atom is 0.251 e. The van der Waals surface area contributed by atoms with Crippen molar-refractivity contribution >= 4 is 5.91 Å². The zero-order valence-corrected chi connectivity index (χ0v) is 11.8. The molecule has 1 aliphatic heterocycles. The molecule has 0 fully saturated rings. The molecule has 2 aromatic rings. The first kappa shape index (κ1) is 13.8. The summed E-state index contributed by atoms with van der Waals surface area (Å²) in [7, 11) is 1.85. The second kappa shape index (κ2) is 5.66. The second-order valence-corrected chi connectivity index (χ2v) is 5.20. The van der Waals surface area contributed by atoms with Crippen molar-refractivity contribution in [3.63, 3.8) is 0 Å². The average Bonchev–Trinajstić information content (AvgIpc) is 2.51. The molecule has 21 heavy (non-hydrogen) atoms. The molecule has 4 heteroatoms. The molecular weight excluding hydrogens is 267 g/mol. The third-order valence-electron chi connectivity index (χ3n) is 3.88. The molecule has 1 heterocycles. The lowest BCUT2D eigenvalue weighted by Gasteiger charge is -2.21. The molecule has 0 spiro atoms. The molecule has 2 N–H and O–H groups in total. The number of nitrogens with one attached hydrogen (secondary N) is 2. The van der Waals surface area contributed by atoms with Gasteiger partial charge < -0.3 is 10.6 Å². The Morgan fingerprint density at radius 1 is 1.14 bits per heavy atom. The Morgan fingerprint density at radius 2 is 1.86 bits per heavy atom. The number of carbonyl (C=O) groups excluding carboxylic acids is 1. The van der Waals surface area contributed by atoms with Crippen LogP contribution in [0.15, 0.2) is 42.5 Å². The van der Waals surface area contributed by atoms with E-state index in [-0.39, 0.29) is 17.8 Å². The number of halogens is 1. The van der Waals surface area contributed by atoms with Crippen LogP contribution in [0.25, 0.3) is 0 Å². The van der Waals surface area contributed by atoms with Gasteiger partial charge in [-0.2, -0.15) is 0 Å². The lowest BCUT2D eigenvalue weighted by Crippen LogP contribution is -2.32. The van der Waals surface area contributed by atoms with Crippen LogP contribution in [-0.2, 0) is 6.42 Å². The van der Waals surface area contributed by atoms with E-state index in [0.29, 0.717) is 6.54 Å². The van der Waals surface area contributed by atoms with Crippen LogP contribution in [0.1, 0.15) is 33.1 Å². The minimum Gasteiger partial charge on any atom is -0.352 e. The summed E-state index contributed by atoms with van der Waals surface area (Å²) in [6.07, 6.45) is 0.863. The smallest absolute Gasteiger partial charge is 0.251 e. The van der Waals surface area contributed by atoms with E-state index in [2.05, 4.69) is 10.6 Å². The highest BCUT2D eigenvalue weighted by Gasteiger charge is 2.19. The monoisotopic (exact) mass is 284 g/mol. The van der Waals surface area contributed by atoms with Gasteiger partial charge in [0, 0.05) is 12.1 Å². The molecule has 3 rings (SSSR count). The first-order chi connectivity index (χ1) is 10.2. The van der Waals surface area contributed by atoms with Crippen LogP contribution < -0.4 is 10.6 Å². The third-order valence-corrected chi connectivity index (χ3v) is 3.88. The van der Waals surface area contributed by atoms with Crippen LogP contribution in [0.3, 0.4) is 0 Å². The predicted molar refractivity (Wildman–Crippen MR) is 79.8 cm³/mol. The van der Waals surface area contributed by atoms with Crippen LogP contribution in [0.5, 0.6) is 0 Å². The molecule has 2 aromatic carbocycles. The number of carbonyl (C=O) groups is 1. The zero-order valence-electron chi connectivity index (χ0n) is 11.8. The maximum atomic E-state index is 13.1. The normalized spacial score (nSPS) is 15.2. The van der Waals surface area contributed by atoms with Gasteiger partial charge in [-0.15, -0.1) is 0 Å². The minimum absolute atomic E-state index is 0.0212. The van der Waals surface area contributed by atoms with Crippen molar-refractivity contribution in [1.82, 2.24) is 10.6 Å². The molecule has 0 saturated carbocycles. The quantitative estimate of drug-likeness (QED) is 0.909. The van der Waals surface area contributed by atoms with Gasteiger partial charge in [0.15, 0.2) is 0 Å². The van der Waals surface area contributed by atoms with Crippen molar-refractivity contribution in [3.05, 3.63) is 70.5 Å². The Hall–Kier alpha value is -2.20. The molecule has 1 amide bonds. The summed E-state index contributed by atoms with van der Waals surface area (Å²) in [5.74, 6) is -0.273. The third kappa shape index (κ3) is 2.67. The fraction of sp³-hybridized carbons (Fsp3) is 0.235. The summed E-state index contributed by atoms with van der Waals surface area (Å²) in [6, 6.07) is 12.3. The maximum absolute atomic E-state index is 13.1. The Balaban J connectivity index is 1.99. The molecule has 1 aliphatic rings. The van der Waals surface area contributed by atoms with Crippen LogP contribution in [0, 0.1) is 5.82 Å². The van der Waals surface area contributed by atoms with E-state index in [1.807, 2.05) is 25.2 Å². The SMILES string of the molecule is CNC(c1ccc(F)cc1)c1ccc2c(c1)C(=O)NCC2. The summed E-state index contributed by atoms with van der Waals surface area (Å²) < 4.78 is 13.1. The number of rotatable bonds is 3. The standard InChI is InChI=1S/C17H17FN2O/c1-19-16(12-4-6-14(18)7-5-12)13-3-2-11-8-9-20-17(21)15(11)10-13/h2-7,10,16,19H,8-9H2,1H3,(H,20,21). The molecule has 0 radical (unpaired) electrons. The molecule has 108 valence electrons. The van der Waals surface area contributed by atoms with Gasteiger partial charge >= 0.3 is 0 Å². The fourth-order valence-electron chi connectivity index (χ4n) is 2.79. The summed E-state index contributed by atoms with van der Waals surface area (Å²) in [5, 5.41) is 6.08. The van der Waals surface area contributed by atoms with Crippen LogP contribution in [0.4, 0.5) is 4.39 Å². The van der Waals surface area contributed by atoms with E-state index in [4.69, 9.17) is 0 Å². The average molecular weight is 284 g/mol. The fourth-order valence-corrected chi connectivity index (χ4v) is 2.79. The number of fused-ring (bicyclic) bond motifs is 1. The van der Waals surface area contributed by atoms with Gasteiger partial charge in [-0.25, -0.2) is 4.39 Å². The molecule has 1 atom stereocenters. The minimum atomic E-state index is -0.251. The van der Waals surface area contributed by atoms with E-state index in [1.54, 1.807) is 12.1 Å². The van der Waals surface area contributed by atoms with Gasteiger partial charge in [0.1, 0.15) is 5.82 Å². The van der Waals surface area contributed by atoms with Crippen LogP contribution in [0.2, 0.25) is 0 Å². The Kier molecular flexibility index (Phi) is 3.71. The Labute approximate surface area is 123 Å². The van der Waals surface area contributed by atoms with E-state index in [1.165, 1.54) is 12.1 Å². The van der Waals surface area contributed by atoms with Gasteiger partial charge in [0.25, 0.3) is 5.91 Å². The number of hydrogen-bond acceptors (Lipinski definition) is 2. The van der Waals surface area contributed by atoms with Crippen molar-refractivity contribution < 1.29 is 9.18 Å². The molecule has 0 aliphatic carbocycles. The second-order valence-electron chi connectivity index (χ2n) is 5.20. The van der Waals surface area contributed by atoms with Crippen molar-refractivity contribution in [2.45, 2.75) is 12.5 Å². The van der Waals surface area contributed by atoms with Crippen molar-refractivity contribution in [1.29, 1.82) is 0 Å². The lowest BCUT2D eigenvalue weighted by atomic mass is 9.92. The van der Waals surface area contributed by atoms with Crippen molar-refractivity contribution in [3.8, 4) is 0 Å². The van der Waals surface area contributed by atoms with Gasteiger partial charge in [-0.05, 0) is 48.4 Å². The summed E-state index contributed by atoms with van der Waals surface area (Å²) in [4.78, 5) is 11.9. The molecule has 1 unspecified atom stereocenters. The van der Waals surface area contributed by atoms with E-state index in [0.717, 1.165) is 28.7 Å².